The largest absolute Gasteiger partial charge is 0.276 e. The number of hydrogen-bond donors (Lipinski definition) is 0. The summed E-state index contributed by atoms with van der Waals surface area (Å²) in [5.41, 5.74) is 1.03. The summed E-state index contributed by atoms with van der Waals surface area (Å²) in [7, 11) is 0. The quantitative estimate of drug-likeness (QED) is 0.617. The third kappa shape index (κ3) is 2.51. The Morgan fingerprint density at radius 2 is 1.81 bits per heavy atom. The van der Waals surface area contributed by atoms with Crippen LogP contribution in [0.4, 0.5) is 0 Å². The molecule has 6 heteroatoms. The lowest BCUT2D eigenvalue weighted by Crippen LogP contribution is -2.41. The van der Waals surface area contributed by atoms with Gasteiger partial charge in [0.25, 0.3) is 0 Å². The summed E-state index contributed by atoms with van der Waals surface area (Å²) in [4.78, 5) is 34.1. The van der Waals surface area contributed by atoms with Crippen molar-refractivity contribution in [2.45, 2.75) is 31.7 Å². The first kappa shape index (κ1) is 16.1. The van der Waals surface area contributed by atoms with Gasteiger partial charge in [-0.15, -0.1) is 11.3 Å². The van der Waals surface area contributed by atoms with Gasteiger partial charge in [0.15, 0.2) is 0 Å². The molecule has 134 valence electrons. The zero-order valence-electron chi connectivity index (χ0n) is 14.5. The maximum absolute atomic E-state index is 12.8. The first-order valence-electron chi connectivity index (χ1n) is 9.32. The maximum Gasteiger partial charge on any atom is 0.234 e. The molecule has 2 amide bonds. The topological polar surface area (TPSA) is 53.5 Å². The van der Waals surface area contributed by atoms with Crippen LogP contribution in [0, 0.1) is 11.8 Å². The highest BCUT2D eigenvalue weighted by atomic mass is 32.1. The van der Waals surface area contributed by atoms with Crippen LogP contribution < -0.4 is 0 Å². The molecule has 0 unspecified atom stereocenters. The fourth-order valence-electron chi connectivity index (χ4n) is 4.50. The van der Waals surface area contributed by atoms with E-state index < -0.39 is 0 Å². The van der Waals surface area contributed by atoms with Crippen LogP contribution in [0.3, 0.4) is 0 Å². The summed E-state index contributed by atoms with van der Waals surface area (Å²) < 4.78 is 1.19. The van der Waals surface area contributed by atoms with E-state index >= 15 is 0 Å². The van der Waals surface area contributed by atoms with Gasteiger partial charge in [-0.25, -0.2) is 4.98 Å². The van der Waals surface area contributed by atoms with Gasteiger partial charge in [-0.1, -0.05) is 24.3 Å². The zero-order valence-corrected chi connectivity index (χ0v) is 15.3. The third-order valence-corrected chi connectivity index (χ3v) is 7.02. The number of nitrogens with zero attached hydrogens (tertiary/aromatic N) is 3. The smallest absolute Gasteiger partial charge is 0.234 e. The number of allylic oxidation sites excluding steroid dienone is 2. The van der Waals surface area contributed by atoms with E-state index in [4.69, 9.17) is 4.98 Å². The van der Waals surface area contributed by atoms with E-state index in [2.05, 4.69) is 11.0 Å². The van der Waals surface area contributed by atoms with Gasteiger partial charge < -0.3 is 0 Å². The summed E-state index contributed by atoms with van der Waals surface area (Å²) >= 11 is 1.73. The molecule has 3 heterocycles. The molecular formula is C20H21N3O2S. The number of rotatable bonds is 3. The van der Waals surface area contributed by atoms with Gasteiger partial charge in [0.05, 0.1) is 34.8 Å². The highest BCUT2D eigenvalue weighted by Crippen LogP contribution is 2.39. The Kier molecular flexibility index (Phi) is 3.90. The normalized spacial score (nSPS) is 29.1. The van der Waals surface area contributed by atoms with Crippen molar-refractivity contribution in [1.82, 2.24) is 14.8 Å². The van der Waals surface area contributed by atoms with Gasteiger partial charge >= 0.3 is 0 Å². The van der Waals surface area contributed by atoms with Crippen molar-refractivity contribution in [1.29, 1.82) is 0 Å². The van der Waals surface area contributed by atoms with Crippen LogP contribution in [-0.4, -0.2) is 39.8 Å². The van der Waals surface area contributed by atoms with Crippen molar-refractivity contribution >= 4 is 33.4 Å². The lowest BCUT2D eigenvalue weighted by atomic mass is 9.85. The number of hydrogen-bond acceptors (Lipinski definition) is 5. The van der Waals surface area contributed by atoms with Gasteiger partial charge in [-0.05, 0) is 37.8 Å². The van der Waals surface area contributed by atoms with E-state index in [1.807, 2.05) is 30.4 Å². The van der Waals surface area contributed by atoms with Crippen molar-refractivity contribution in [3.8, 4) is 0 Å². The number of fused-ring (bicyclic) bond motifs is 2. The molecule has 0 radical (unpaired) electrons. The summed E-state index contributed by atoms with van der Waals surface area (Å²) in [6.45, 7) is 1.32. The minimum Gasteiger partial charge on any atom is -0.276 e. The Balaban J connectivity index is 1.38. The van der Waals surface area contributed by atoms with Crippen LogP contribution in [0.15, 0.2) is 36.4 Å². The predicted octanol–water partition coefficient (Wildman–Crippen LogP) is 3.34. The molecule has 0 saturated carbocycles. The van der Waals surface area contributed by atoms with Gasteiger partial charge in [-0.2, -0.15) is 0 Å². The Morgan fingerprint density at radius 3 is 2.54 bits per heavy atom. The monoisotopic (exact) mass is 367 g/mol. The number of imide groups is 1. The molecule has 2 aromatic rings. The zero-order chi connectivity index (χ0) is 17.7. The highest BCUT2D eigenvalue weighted by molar-refractivity contribution is 7.18. The van der Waals surface area contributed by atoms with E-state index in [1.165, 1.54) is 9.60 Å². The third-order valence-electron chi connectivity index (χ3n) is 5.88. The van der Waals surface area contributed by atoms with Crippen LogP contribution in [0.5, 0.6) is 0 Å². The van der Waals surface area contributed by atoms with E-state index in [9.17, 15) is 9.59 Å². The van der Waals surface area contributed by atoms with Crippen molar-refractivity contribution in [2.24, 2.45) is 11.8 Å². The SMILES string of the molecule is O=C1[C@H]2CC=CC[C@H]2C(=O)N1CN1CCC[C@@H]1c1nc2ccccc2s1. The van der Waals surface area contributed by atoms with Gasteiger partial charge in [-0.3, -0.25) is 19.4 Å². The second-order valence-corrected chi connectivity index (χ2v) is 8.45. The average molecular weight is 367 g/mol. The molecule has 3 atom stereocenters. The van der Waals surface area contributed by atoms with Crippen LogP contribution in [-0.2, 0) is 9.59 Å². The standard InChI is InChI=1S/C20H21N3O2S/c24-19-13-6-1-2-7-14(13)20(25)23(19)12-22-11-5-9-16(22)18-21-15-8-3-4-10-17(15)26-18/h1-4,8,10,13-14,16H,5-7,9,11-12H2/t13-,14+,16-/m1/s1. The fourth-order valence-corrected chi connectivity index (χ4v) is 5.63. The number of carbonyl (C=O) groups excluding carboxylic acids is 2. The number of benzene rings is 1. The van der Waals surface area contributed by atoms with E-state index in [0.29, 0.717) is 19.5 Å². The number of thiazole rings is 1. The molecule has 0 spiro atoms. The maximum atomic E-state index is 12.8. The molecule has 1 aromatic heterocycles. The summed E-state index contributed by atoms with van der Waals surface area (Å²) in [5.74, 6) is -0.259. The Hall–Kier alpha value is -2.05. The number of likely N-dealkylation sites (tertiary alicyclic amines) is 2. The van der Waals surface area contributed by atoms with Crippen molar-refractivity contribution in [3.63, 3.8) is 0 Å². The molecule has 0 bridgehead atoms. The molecule has 2 aliphatic heterocycles. The number of amides is 2. The van der Waals surface area contributed by atoms with Gasteiger partial charge in [0, 0.05) is 6.54 Å². The average Bonchev–Trinajstić information content (AvgIpc) is 3.35. The van der Waals surface area contributed by atoms with Crippen LogP contribution in [0.2, 0.25) is 0 Å². The molecule has 1 aromatic carbocycles. The molecule has 5 rings (SSSR count). The summed E-state index contributed by atoms with van der Waals surface area (Å²) in [6.07, 6.45) is 7.58. The Morgan fingerprint density at radius 1 is 1.08 bits per heavy atom. The fraction of sp³-hybridized carbons (Fsp3) is 0.450. The molecule has 5 nitrogen and oxygen atoms in total. The minimum absolute atomic E-state index is 0.0132. The lowest BCUT2D eigenvalue weighted by Gasteiger charge is -2.27. The lowest BCUT2D eigenvalue weighted by molar-refractivity contribution is -0.142. The Bertz CT molecular complexity index is 846. The molecule has 3 aliphatic rings. The van der Waals surface area contributed by atoms with Crippen LogP contribution in [0.1, 0.15) is 36.7 Å². The molecule has 2 fully saturated rings. The number of para-hydroxylation sites is 1. The van der Waals surface area contributed by atoms with E-state index in [-0.39, 0.29) is 29.7 Å². The number of carbonyl (C=O) groups is 2. The van der Waals surface area contributed by atoms with Crippen LogP contribution >= 0.6 is 11.3 Å². The van der Waals surface area contributed by atoms with Gasteiger partial charge in [0.1, 0.15) is 5.01 Å². The van der Waals surface area contributed by atoms with E-state index in [1.54, 1.807) is 11.3 Å². The first-order valence-corrected chi connectivity index (χ1v) is 10.1. The van der Waals surface area contributed by atoms with Crippen molar-refractivity contribution < 1.29 is 9.59 Å². The summed E-state index contributed by atoms with van der Waals surface area (Å²) in [5, 5.41) is 1.10. The molecule has 26 heavy (non-hydrogen) atoms. The first-order chi connectivity index (χ1) is 12.7. The minimum atomic E-state index is -0.143. The number of aromatic nitrogens is 1. The Labute approximate surface area is 156 Å². The van der Waals surface area contributed by atoms with Crippen molar-refractivity contribution in [3.05, 3.63) is 41.4 Å². The predicted molar refractivity (Wildman–Crippen MR) is 100 cm³/mol. The molecule has 0 N–H and O–H groups in total. The molecule has 2 saturated heterocycles. The molecule has 1 aliphatic carbocycles. The van der Waals surface area contributed by atoms with Gasteiger partial charge in [0.2, 0.25) is 11.8 Å². The molecular weight excluding hydrogens is 346 g/mol. The second kappa shape index (κ2) is 6.28. The van der Waals surface area contributed by atoms with Crippen LogP contribution in [0.25, 0.3) is 10.2 Å². The summed E-state index contributed by atoms with van der Waals surface area (Å²) in [6, 6.07) is 8.39. The second-order valence-electron chi connectivity index (χ2n) is 7.39. The highest BCUT2D eigenvalue weighted by Gasteiger charge is 2.48. The van der Waals surface area contributed by atoms with E-state index in [0.717, 1.165) is 29.9 Å². The van der Waals surface area contributed by atoms with Crippen molar-refractivity contribution in [2.75, 3.05) is 13.2 Å².